The van der Waals surface area contributed by atoms with Gasteiger partial charge in [0, 0.05) is 32.0 Å². The molecule has 1 aliphatic heterocycles. The van der Waals surface area contributed by atoms with Crippen LogP contribution < -0.4 is 11.1 Å². The number of nitrogens with one attached hydrogen (secondary N) is 1. The summed E-state index contributed by atoms with van der Waals surface area (Å²) in [6, 6.07) is 4.63. The second-order valence-corrected chi connectivity index (χ2v) is 10.1. The van der Waals surface area contributed by atoms with Crippen LogP contribution in [0, 0.1) is 11.8 Å². The molecule has 0 spiro atoms. The maximum Gasteiger partial charge on any atom is 0.257 e. The van der Waals surface area contributed by atoms with Crippen molar-refractivity contribution in [1.29, 1.82) is 0 Å². The maximum atomic E-state index is 13.3. The first kappa shape index (κ1) is 22.3. The smallest absolute Gasteiger partial charge is 0.257 e. The van der Waals surface area contributed by atoms with Crippen molar-refractivity contribution in [3.8, 4) is 0 Å². The summed E-state index contributed by atoms with van der Waals surface area (Å²) in [5, 5.41) is 3.73. The molecule has 3 N–H and O–H groups in total. The van der Waals surface area contributed by atoms with Crippen molar-refractivity contribution in [2.45, 2.75) is 95.2 Å². The number of likely N-dealkylation sites (N-methyl/N-ethyl adjacent to an activating group) is 1. The number of guanidine groups is 1. The van der Waals surface area contributed by atoms with Crippen LogP contribution in [0.3, 0.4) is 0 Å². The van der Waals surface area contributed by atoms with Gasteiger partial charge in [-0.15, -0.1) is 0 Å². The number of nitrogens with zero attached hydrogens (tertiary/aromatic N) is 3. The van der Waals surface area contributed by atoms with Crippen molar-refractivity contribution in [2.75, 3.05) is 7.05 Å². The predicted molar refractivity (Wildman–Crippen MR) is 124 cm³/mol. The topological polar surface area (TPSA) is 83.6 Å². The van der Waals surface area contributed by atoms with Crippen LogP contribution >= 0.6 is 0 Å². The molecule has 0 unspecified atom stereocenters. The zero-order valence-corrected chi connectivity index (χ0v) is 19.1. The molecule has 4 rings (SSSR count). The van der Waals surface area contributed by atoms with E-state index in [1.54, 1.807) is 11.9 Å². The average molecular weight is 426 g/mol. The van der Waals surface area contributed by atoms with Crippen LogP contribution in [0.2, 0.25) is 0 Å². The second kappa shape index (κ2) is 10.1. The maximum absolute atomic E-state index is 13.3. The fraction of sp³-hybridized carbons (Fsp3) is 0.720. The molecule has 2 aliphatic carbocycles. The third kappa shape index (κ3) is 5.46. The minimum absolute atomic E-state index is 0.118. The monoisotopic (exact) mass is 425 g/mol. The second-order valence-electron chi connectivity index (χ2n) is 10.1. The Morgan fingerprint density at radius 1 is 1.10 bits per heavy atom. The molecule has 31 heavy (non-hydrogen) atoms. The number of nitrogens with two attached hydrogens (primary N) is 1. The largest absolute Gasteiger partial charge is 0.369 e. The number of aromatic nitrogens is 1. The van der Waals surface area contributed by atoms with Gasteiger partial charge in [0.05, 0.1) is 0 Å². The van der Waals surface area contributed by atoms with Crippen molar-refractivity contribution in [2.24, 2.45) is 22.6 Å². The van der Waals surface area contributed by atoms with Crippen LogP contribution in [0.25, 0.3) is 0 Å². The van der Waals surface area contributed by atoms with Gasteiger partial charge >= 0.3 is 0 Å². The Balaban J connectivity index is 1.38. The van der Waals surface area contributed by atoms with E-state index in [9.17, 15) is 4.79 Å². The van der Waals surface area contributed by atoms with E-state index in [-0.39, 0.29) is 5.91 Å². The number of carbonyl (C=O) groups excluding carboxylic acids is 1. The lowest BCUT2D eigenvalue weighted by molar-refractivity contribution is -0.131. The molecule has 0 bridgehead atoms. The molecule has 2 fully saturated rings. The molecule has 2 heterocycles. The summed E-state index contributed by atoms with van der Waals surface area (Å²) in [6.45, 7) is 0.875. The Kier molecular flexibility index (Phi) is 7.26. The molecule has 6 nitrogen and oxygen atoms in total. The fourth-order valence-corrected chi connectivity index (χ4v) is 5.98. The Morgan fingerprint density at radius 3 is 2.55 bits per heavy atom. The van der Waals surface area contributed by atoms with Gasteiger partial charge in [-0.3, -0.25) is 14.7 Å². The normalized spacial score (nSPS) is 29.9. The summed E-state index contributed by atoms with van der Waals surface area (Å²) in [6.07, 6.45) is 17.9. The van der Waals surface area contributed by atoms with Crippen LogP contribution in [0.4, 0.5) is 0 Å². The number of rotatable bonds is 8. The zero-order valence-electron chi connectivity index (χ0n) is 19.1. The molecule has 1 amide bonds. The van der Waals surface area contributed by atoms with Gasteiger partial charge in [0.25, 0.3) is 5.91 Å². The molecule has 0 radical (unpaired) electrons. The van der Waals surface area contributed by atoms with Crippen LogP contribution in [0.1, 0.15) is 82.6 Å². The van der Waals surface area contributed by atoms with Crippen LogP contribution in [-0.2, 0) is 11.3 Å². The van der Waals surface area contributed by atoms with E-state index < -0.39 is 5.54 Å². The quantitative estimate of drug-likeness (QED) is 0.659. The third-order valence-electron chi connectivity index (χ3n) is 7.82. The molecule has 2 saturated carbocycles. The predicted octanol–water partition coefficient (Wildman–Crippen LogP) is 4.01. The molecular formula is C25H39N5O. The van der Waals surface area contributed by atoms with Gasteiger partial charge in [-0.05, 0) is 61.6 Å². The highest BCUT2D eigenvalue weighted by Gasteiger charge is 2.47. The fourth-order valence-electron chi connectivity index (χ4n) is 5.98. The van der Waals surface area contributed by atoms with Gasteiger partial charge in [-0.2, -0.15) is 0 Å². The lowest BCUT2D eigenvalue weighted by Crippen LogP contribution is -2.44. The number of hydrogen-bond donors (Lipinski definition) is 2. The van der Waals surface area contributed by atoms with Gasteiger partial charge in [-0.25, -0.2) is 4.99 Å². The highest BCUT2D eigenvalue weighted by molar-refractivity contribution is 6.06. The van der Waals surface area contributed by atoms with Crippen LogP contribution in [-0.4, -0.2) is 40.4 Å². The van der Waals surface area contributed by atoms with Gasteiger partial charge in [0.1, 0.15) is 5.54 Å². The van der Waals surface area contributed by atoms with E-state index in [2.05, 4.69) is 22.4 Å². The molecule has 6 heteroatoms. The van der Waals surface area contributed by atoms with E-state index in [4.69, 9.17) is 10.7 Å². The van der Waals surface area contributed by atoms with E-state index in [0.29, 0.717) is 17.9 Å². The summed E-state index contributed by atoms with van der Waals surface area (Å²) in [7, 11) is 1.78. The van der Waals surface area contributed by atoms with Gasteiger partial charge in [0.2, 0.25) is 0 Å². The van der Waals surface area contributed by atoms with Crippen LogP contribution in [0.5, 0.6) is 0 Å². The van der Waals surface area contributed by atoms with Crippen molar-refractivity contribution in [1.82, 2.24) is 15.2 Å². The first-order chi connectivity index (χ1) is 15.1. The summed E-state index contributed by atoms with van der Waals surface area (Å²) in [5.41, 5.74) is 6.77. The summed E-state index contributed by atoms with van der Waals surface area (Å²) in [5.74, 6) is 1.79. The number of carbonyl (C=O) groups is 1. The first-order valence-electron chi connectivity index (χ1n) is 12.3. The Hall–Kier alpha value is -1.95. The lowest BCUT2D eigenvalue weighted by atomic mass is 9.74. The van der Waals surface area contributed by atoms with Gasteiger partial charge in [0.15, 0.2) is 5.96 Å². The van der Waals surface area contributed by atoms with Crippen molar-refractivity contribution in [3.05, 3.63) is 30.1 Å². The number of hydrogen-bond acceptors (Lipinski definition) is 5. The van der Waals surface area contributed by atoms with E-state index in [1.165, 1.54) is 56.9 Å². The van der Waals surface area contributed by atoms with Crippen molar-refractivity contribution in [3.63, 3.8) is 0 Å². The lowest BCUT2D eigenvalue weighted by Gasteiger charge is -2.35. The summed E-state index contributed by atoms with van der Waals surface area (Å²) < 4.78 is 0. The number of amides is 1. The molecule has 0 aromatic carbocycles. The molecular weight excluding hydrogens is 386 g/mol. The average Bonchev–Trinajstić information content (AvgIpc) is 3.01. The molecule has 0 saturated heterocycles. The van der Waals surface area contributed by atoms with Crippen molar-refractivity contribution >= 4 is 11.9 Å². The number of pyridine rings is 1. The highest BCUT2D eigenvalue weighted by atomic mass is 16.2. The van der Waals surface area contributed by atoms with E-state index in [1.807, 2.05) is 12.4 Å². The van der Waals surface area contributed by atoms with Gasteiger partial charge in [-0.1, -0.05) is 44.9 Å². The molecule has 170 valence electrons. The SMILES string of the molecule is CN1C(=O)[C@@](CCC2CCCCC2)(C[C@H]2CCC[C@H](NCc3ccncc3)C2)N=C1N. The Bertz CT molecular complexity index is 760. The Morgan fingerprint density at radius 2 is 1.84 bits per heavy atom. The van der Waals surface area contributed by atoms with E-state index in [0.717, 1.165) is 38.1 Å². The summed E-state index contributed by atoms with van der Waals surface area (Å²) in [4.78, 5) is 23.8. The molecule has 1 aromatic heterocycles. The number of aliphatic imine (C=N–C) groups is 1. The molecule has 1 aromatic rings. The molecule has 3 aliphatic rings. The third-order valence-corrected chi connectivity index (χ3v) is 7.82. The first-order valence-corrected chi connectivity index (χ1v) is 12.3. The highest BCUT2D eigenvalue weighted by Crippen LogP contribution is 2.40. The van der Waals surface area contributed by atoms with Gasteiger partial charge < -0.3 is 11.1 Å². The zero-order chi connectivity index (χ0) is 21.7. The summed E-state index contributed by atoms with van der Waals surface area (Å²) >= 11 is 0. The minimum Gasteiger partial charge on any atom is -0.369 e. The molecule has 3 atom stereocenters. The minimum atomic E-state index is -0.631. The van der Waals surface area contributed by atoms with E-state index >= 15 is 0 Å². The standard InChI is InChI=1S/C25H39N5O/c1-30-23(31)25(29-24(30)26,13-10-19-6-3-2-4-7-19)17-21-8-5-9-22(16-21)28-18-20-11-14-27-15-12-20/h11-12,14-15,19,21-22,28H,2-10,13,16-18H2,1H3,(H2,26,29)/t21-,22-,25+/m0/s1. The van der Waals surface area contributed by atoms with Crippen LogP contribution in [0.15, 0.2) is 29.5 Å². The Labute approximate surface area is 187 Å². The van der Waals surface area contributed by atoms with Crippen molar-refractivity contribution < 1.29 is 4.79 Å².